The van der Waals surface area contributed by atoms with Gasteiger partial charge >= 0.3 is 29.2 Å². The van der Waals surface area contributed by atoms with Crippen LogP contribution in [0.1, 0.15) is 38.9 Å². The monoisotopic (exact) mass is 797 g/mol. The quantitative estimate of drug-likeness (QED) is 0.104. The number of rotatable bonds is 12. The number of nitrogens with one attached hydrogen (secondary N) is 2. The Morgan fingerprint density at radius 2 is 1.39 bits per heavy atom. The van der Waals surface area contributed by atoms with Gasteiger partial charge in [-0.1, -0.05) is 41.6 Å². The van der Waals surface area contributed by atoms with Gasteiger partial charge < -0.3 is 35.1 Å². The highest BCUT2D eigenvalue weighted by atomic mass is 19.3. The number of aromatic nitrogens is 7. The molecule has 2 aromatic carbocycles. The summed E-state index contributed by atoms with van der Waals surface area (Å²) in [5.41, 5.74) is -1.94. The molecule has 2 aliphatic heterocycles. The normalized spacial score (nSPS) is 23.5. The lowest BCUT2D eigenvalue weighted by Gasteiger charge is -2.24. The molecule has 4 N–H and O–H groups in total. The van der Waals surface area contributed by atoms with Gasteiger partial charge in [0, 0.05) is 18.0 Å². The minimum atomic E-state index is -4.02. The van der Waals surface area contributed by atoms with Crippen molar-refractivity contribution in [3.05, 3.63) is 129 Å². The number of anilines is 2. The van der Waals surface area contributed by atoms with Gasteiger partial charge in [-0.25, -0.2) is 19.1 Å². The standard InChI is InChI=1S/C35H31F4N9O9/c36-34(37)26(50)23(18-49)56-30(34)47-13-11-24(42-32(47)53)40-15-21-16-46(45-44-21)17-22-27(57-29(52)20-9-5-2-6-10-20)35(38,39)31(55-22)48-14-12-25(43-33(48)54)41-28(51)19-7-3-1-4-8-19/h1-14,16,22-23,26-27,30-31,49-50H,15,17-18H2,(H,40,42,53)(H,41,43,51,54)/t22-,23-,26-,27-,30-,31-/m1/s1. The summed E-state index contributed by atoms with van der Waals surface area (Å²) in [7, 11) is 0. The van der Waals surface area contributed by atoms with E-state index in [-0.39, 0.29) is 35.0 Å². The third-order valence-electron chi connectivity index (χ3n) is 9.00. The van der Waals surface area contributed by atoms with Crippen molar-refractivity contribution in [3.63, 3.8) is 0 Å². The Bertz CT molecular complexity index is 2360. The predicted molar refractivity (Wildman–Crippen MR) is 185 cm³/mol. The van der Waals surface area contributed by atoms with Crippen molar-refractivity contribution in [1.29, 1.82) is 0 Å². The van der Waals surface area contributed by atoms with E-state index in [4.69, 9.17) is 14.2 Å². The molecule has 0 saturated carbocycles. The second-order valence-corrected chi connectivity index (χ2v) is 12.8. The van der Waals surface area contributed by atoms with Gasteiger partial charge in [-0.05, 0) is 36.4 Å². The fourth-order valence-electron chi connectivity index (χ4n) is 6.14. The largest absolute Gasteiger partial charge is 0.449 e. The number of benzene rings is 2. The highest BCUT2D eigenvalue weighted by Crippen LogP contribution is 2.45. The lowest BCUT2D eigenvalue weighted by atomic mass is 10.1. The molecule has 5 heterocycles. The van der Waals surface area contributed by atoms with E-state index >= 15 is 8.78 Å². The number of amides is 1. The number of esters is 1. The first-order valence-electron chi connectivity index (χ1n) is 17.1. The van der Waals surface area contributed by atoms with Gasteiger partial charge in [-0.3, -0.25) is 13.9 Å². The van der Waals surface area contributed by atoms with Crippen LogP contribution in [0.2, 0.25) is 0 Å². The molecule has 6 atom stereocenters. The van der Waals surface area contributed by atoms with Crippen molar-refractivity contribution in [2.45, 2.75) is 61.8 Å². The van der Waals surface area contributed by atoms with Crippen molar-refractivity contribution in [2.24, 2.45) is 0 Å². The van der Waals surface area contributed by atoms with Crippen molar-refractivity contribution < 1.29 is 51.6 Å². The van der Waals surface area contributed by atoms with Gasteiger partial charge in [-0.2, -0.15) is 27.5 Å². The molecule has 0 spiro atoms. The molecule has 57 heavy (non-hydrogen) atoms. The highest BCUT2D eigenvalue weighted by molar-refractivity contribution is 6.03. The third kappa shape index (κ3) is 7.87. The second-order valence-electron chi connectivity index (χ2n) is 12.8. The number of alkyl halides is 4. The Morgan fingerprint density at radius 1 is 0.807 bits per heavy atom. The second kappa shape index (κ2) is 15.6. The lowest BCUT2D eigenvalue weighted by Crippen LogP contribution is -2.44. The fraction of sp³-hybridized carbons (Fsp3) is 0.314. The molecular weight excluding hydrogens is 766 g/mol. The number of hydrogen-bond donors (Lipinski definition) is 4. The Morgan fingerprint density at radius 3 is 2.00 bits per heavy atom. The van der Waals surface area contributed by atoms with E-state index in [1.54, 1.807) is 24.3 Å². The van der Waals surface area contributed by atoms with Crippen LogP contribution in [0, 0.1) is 0 Å². The molecule has 2 fully saturated rings. The molecule has 298 valence electrons. The molecule has 0 unspecified atom stereocenters. The highest BCUT2D eigenvalue weighted by Gasteiger charge is 2.63. The van der Waals surface area contributed by atoms with E-state index in [0.717, 1.165) is 23.1 Å². The summed E-state index contributed by atoms with van der Waals surface area (Å²) in [6.07, 6.45) is -9.15. The van der Waals surface area contributed by atoms with E-state index in [1.165, 1.54) is 48.7 Å². The molecule has 18 nitrogen and oxygen atoms in total. The fourth-order valence-corrected chi connectivity index (χ4v) is 6.14. The number of aliphatic hydroxyl groups is 2. The van der Waals surface area contributed by atoms with Crippen molar-refractivity contribution in [3.8, 4) is 0 Å². The van der Waals surface area contributed by atoms with Gasteiger partial charge in [0.1, 0.15) is 29.5 Å². The summed E-state index contributed by atoms with van der Waals surface area (Å²) in [5, 5.41) is 32.0. The molecule has 22 heteroatoms. The number of carbonyl (C=O) groups is 2. The number of hydrogen-bond acceptors (Lipinski definition) is 14. The Hall–Kier alpha value is -6.36. The van der Waals surface area contributed by atoms with Crippen LogP contribution in [0.5, 0.6) is 0 Å². The number of aliphatic hydroxyl groups excluding tert-OH is 2. The van der Waals surface area contributed by atoms with Gasteiger partial charge in [-0.15, -0.1) is 5.10 Å². The Balaban J connectivity index is 1.06. The topological polar surface area (TPSA) is 227 Å². The maximum atomic E-state index is 16.3. The minimum Gasteiger partial charge on any atom is -0.449 e. The Kier molecular flexibility index (Phi) is 10.7. The van der Waals surface area contributed by atoms with Crippen molar-refractivity contribution in [1.82, 2.24) is 34.1 Å². The van der Waals surface area contributed by atoms with Crippen LogP contribution in [-0.4, -0.2) is 99.1 Å². The summed E-state index contributed by atoms with van der Waals surface area (Å²) in [6, 6.07) is 17.7. The number of halogens is 4. The molecule has 2 aliphatic rings. The van der Waals surface area contributed by atoms with E-state index in [2.05, 4.69) is 30.9 Å². The number of carbonyl (C=O) groups excluding carboxylic acids is 2. The first-order valence-corrected chi connectivity index (χ1v) is 17.1. The maximum Gasteiger partial charge on any atom is 0.351 e. The van der Waals surface area contributed by atoms with Crippen LogP contribution in [0.4, 0.5) is 29.2 Å². The van der Waals surface area contributed by atoms with E-state index in [0.29, 0.717) is 9.13 Å². The minimum absolute atomic E-state index is 0.0281. The smallest absolute Gasteiger partial charge is 0.351 e. The average molecular weight is 798 g/mol. The predicted octanol–water partition coefficient (Wildman–Crippen LogP) is 1.60. The summed E-state index contributed by atoms with van der Waals surface area (Å²) < 4.78 is 79.7. The molecule has 2 saturated heterocycles. The summed E-state index contributed by atoms with van der Waals surface area (Å²) in [6.45, 7) is -1.53. The molecular formula is C35H31F4N9O9. The van der Waals surface area contributed by atoms with Crippen molar-refractivity contribution >= 4 is 23.5 Å². The SMILES string of the molecule is O=C(Nc1ccn([C@@H]2O[C@H](Cn3cc(CNc4ccn([C@@H]5O[C@H](CO)[C@@H](O)C5(F)F)c(=O)n4)nn3)[C@@H](OC(=O)c3ccccc3)C2(F)F)c(=O)n1)c1ccccc1. The van der Waals surface area contributed by atoms with Gasteiger partial charge in [0.15, 0.2) is 12.2 Å². The van der Waals surface area contributed by atoms with E-state index in [1.807, 2.05) is 0 Å². The van der Waals surface area contributed by atoms with Gasteiger partial charge in [0.25, 0.3) is 5.91 Å². The third-order valence-corrected chi connectivity index (χ3v) is 9.00. The van der Waals surface area contributed by atoms with E-state index in [9.17, 15) is 38.2 Å². The first kappa shape index (κ1) is 38.9. The number of nitrogens with zero attached hydrogens (tertiary/aromatic N) is 7. The van der Waals surface area contributed by atoms with Crippen LogP contribution < -0.4 is 22.0 Å². The number of ether oxygens (including phenoxy) is 3. The zero-order chi connectivity index (χ0) is 40.5. The molecule has 5 aromatic rings. The first-order chi connectivity index (χ1) is 27.3. The van der Waals surface area contributed by atoms with Gasteiger partial charge in [0.2, 0.25) is 12.5 Å². The Labute approximate surface area is 317 Å². The lowest BCUT2D eigenvalue weighted by molar-refractivity contribution is -0.142. The van der Waals surface area contributed by atoms with Crippen LogP contribution >= 0.6 is 0 Å². The molecule has 0 bridgehead atoms. The average Bonchev–Trinajstić information content (AvgIpc) is 3.82. The van der Waals surface area contributed by atoms with Crippen LogP contribution in [0.15, 0.2) is 101 Å². The van der Waals surface area contributed by atoms with E-state index < -0.39 is 85.1 Å². The van der Waals surface area contributed by atoms with Crippen molar-refractivity contribution in [2.75, 3.05) is 17.2 Å². The van der Waals surface area contributed by atoms with Crippen LogP contribution in [0.3, 0.4) is 0 Å². The summed E-state index contributed by atoms with van der Waals surface area (Å²) in [5.74, 6) is -9.90. The molecule has 0 radical (unpaired) electrons. The zero-order valence-electron chi connectivity index (χ0n) is 29.1. The van der Waals surface area contributed by atoms with Crippen LogP contribution in [0.25, 0.3) is 0 Å². The maximum absolute atomic E-state index is 16.3. The van der Waals surface area contributed by atoms with Gasteiger partial charge in [0.05, 0.1) is 31.5 Å². The molecule has 3 aromatic heterocycles. The summed E-state index contributed by atoms with van der Waals surface area (Å²) in [4.78, 5) is 58.7. The summed E-state index contributed by atoms with van der Waals surface area (Å²) >= 11 is 0. The molecule has 0 aliphatic carbocycles. The zero-order valence-corrected chi connectivity index (χ0v) is 29.1. The molecule has 7 rings (SSSR count). The van der Waals surface area contributed by atoms with Crippen LogP contribution in [-0.2, 0) is 27.3 Å². The molecule has 1 amide bonds.